The Balaban J connectivity index is 0.00000417. The number of carbonyl (C=O) groups excluding carboxylic acids is 2. The van der Waals surface area contributed by atoms with E-state index in [1.165, 1.54) is 17.5 Å². The number of nitrogens with zero attached hydrogens (tertiary/aromatic N) is 6. The van der Waals surface area contributed by atoms with Crippen LogP contribution in [0.3, 0.4) is 0 Å². The predicted molar refractivity (Wildman–Crippen MR) is 176 cm³/mol. The second-order valence-corrected chi connectivity index (χ2v) is 12.0. The van der Waals surface area contributed by atoms with Crippen LogP contribution in [0.1, 0.15) is 52.8 Å². The molecule has 3 aromatic rings. The van der Waals surface area contributed by atoms with Crippen LogP contribution >= 0.6 is 13.5 Å². The van der Waals surface area contributed by atoms with E-state index in [9.17, 15) is 14.7 Å². The van der Waals surface area contributed by atoms with Gasteiger partial charge in [-0.15, -0.1) is 0 Å². The number of carbonyl (C=O) groups is 2. The number of aliphatic hydroxyl groups is 1. The summed E-state index contributed by atoms with van der Waals surface area (Å²) in [6, 6.07) is 7.95. The normalized spacial score (nSPS) is 17.5. The second-order valence-electron chi connectivity index (χ2n) is 12.0. The molecule has 248 valence electrons. The number of nitrogens with one attached hydrogen (secondary N) is 1. The van der Waals surface area contributed by atoms with Crippen LogP contribution in [0.15, 0.2) is 35.1 Å². The van der Waals surface area contributed by atoms with Gasteiger partial charge in [-0.05, 0) is 43.0 Å². The predicted octanol–water partition coefficient (Wildman–Crippen LogP) is 2.33. The van der Waals surface area contributed by atoms with Crippen LogP contribution in [-0.4, -0.2) is 106 Å². The van der Waals surface area contributed by atoms with E-state index in [2.05, 4.69) is 37.3 Å². The van der Waals surface area contributed by atoms with Crippen LogP contribution in [-0.2, 0) is 29.1 Å². The molecular formula is C32H43N7O6S. The van der Waals surface area contributed by atoms with Gasteiger partial charge in [0.2, 0.25) is 11.9 Å². The smallest absolute Gasteiger partial charge is 0.228 e. The highest BCUT2D eigenvalue weighted by Gasteiger charge is 2.25. The van der Waals surface area contributed by atoms with Crippen molar-refractivity contribution in [2.24, 2.45) is 0 Å². The first-order chi connectivity index (χ1) is 21.8. The highest BCUT2D eigenvalue weighted by Crippen LogP contribution is 2.26. The van der Waals surface area contributed by atoms with E-state index in [4.69, 9.17) is 13.9 Å². The lowest BCUT2D eigenvalue weighted by Crippen LogP contribution is -2.48. The van der Waals surface area contributed by atoms with Crippen LogP contribution in [0.4, 0.5) is 11.8 Å². The van der Waals surface area contributed by atoms with Crippen molar-refractivity contribution in [2.75, 3.05) is 62.7 Å². The molecule has 0 spiro atoms. The van der Waals surface area contributed by atoms with Crippen molar-refractivity contribution >= 4 is 37.0 Å². The van der Waals surface area contributed by atoms with Crippen LogP contribution in [0.2, 0.25) is 0 Å². The molecule has 13 nitrogen and oxygen atoms in total. The minimum Gasteiger partial charge on any atom is -0.486 e. The van der Waals surface area contributed by atoms with Crippen molar-refractivity contribution in [3.8, 4) is 5.75 Å². The van der Waals surface area contributed by atoms with Crippen molar-refractivity contribution in [1.29, 1.82) is 0 Å². The number of amides is 1. The third kappa shape index (κ3) is 8.35. The van der Waals surface area contributed by atoms with E-state index >= 15 is 0 Å². The maximum atomic E-state index is 13.3. The molecule has 5 heterocycles. The van der Waals surface area contributed by atoms with E-state index in [1.807, 2.05) is 17.9 Å². The molecule has 2 aromatic heterocycles. The number of β-amino-alcohol motifs (C(OH)–C–C–N with tert-alkyl or cyclic N) is 1. The number of anilines is 2. The van der Waals surface area contributed by atoms with Crippen LogP contribution in [0.5, 0.6) is 5.75 Å². The average Bonchev–Trinajstić information content (AvgIpc) is 3.44. The Bertz CT molecular complexity index is 1510. The Kier molecular flexibility index (Phi) is 11.1. The van der Waals surface area contributed by atoms with Gasteiger partial charge in [-0.2, -0.15) is 18.5 Å². The minimum atomic E-state index is -0.645. The van der Waals surface area contributed by atoms with Gasteiger partial charge in [-0.1, -0.05) is 6.07 Å². The number of aryl methyl sites for hydroxylation is 1. The SMILES string of the molecule is CC(=O)N1CCN(c2nc(NC3COC3)cc(C(=O)CC[C@H](O)CN3CCc4cc(OCc5ocnc5C)ccc4C3)n2)CC1.S. The number of rotatable bonds is 12. The summed E-state index contributed by atoms with van der Waals surface area (Å²) < 4.78 is 16.6. The van der Waals surface area contributed by atoms with E-state index in [0.717, 1.165) is 36.7 Å². The number of ether oxygens (including phenoxy) is 2. The number of fused-ring (bicyclic) bond motifs is 1. The zero-order valence-corrected chi connectivity index (χ0v) is 27.4. The molecule has 14 heteroatoms. The van der Waals surface area contributed by atoms with Crippen LogP contribution in [0, 0.1) is 6.92 Å². The molecule has 3 aliphatic rings. The summed E-state index contributed by atoms with van der Waals surface area (Å²) in [5.74, 6) is 2.48. The standard InChI is InChI=1S/C32H41N7O6.H2S/c1-21-30(45-20-33-21)19-44-27-5-3-24-15-37(8-7-23(24)13-27)16-26(41)4-6-29(42)28-14-31(34-25-17-43-18-25)36-32(35-28)39-11-9-38(10-12-39)22(2)40;/h3,5,13-14,20,25-26,41H,4,6-12,15-19H2,1-2H3,(H,34,35,36);1H2/t26-;/m0./s1. The topological polar surface area (TPSA) is 146 Å². The summed E-state index contributed by atoms with van der Waals surface area (Å²) in [5.41, 5.74) is 3.60. The van der Waals surface area contributed by atoms with Crippen molar-refractivity contribution < 1.29 is 28.6 Å². The van der Waals surface area contributed by atoms with E-state index in [1.54, 1.807) is 17.9 Å². The Hall–Kier alpha value is -3.72. The van der Waals surface area contributed by atoms with Crippen LogP contribution < -0.4 is 15.0 Å². The zero-order chi connectivity index (χ0) is 31.3. The molecule has 3 aliphatic heterocycles. The van der Waals surface area contributed by atoms with Gasteiger partial charge in [0.1, 0.15) is 23.9 Å². The summed E-state index contributed by atoms with van der Waals surface area (Å²) in [6.45, 7) is 9.37. The van der Waals surface area contributed by atoms with Crippen molar-refractivity contribution in [2.45, 2.75) is 58.4 Å². The van der Waals surface area contributed by atoms with Gasteiger partial charge in [0.15, 0.2) is 17.9 Å². The number of benzene rings is 1. The van der Waals surface area contributed by atoms with Crippen molar-refractivity contribution in [3.05, 3.63) is 58.9 Å². The summed E-state index contributed by atoms with van der Waals surface area (Å²) in [6.07, 6.45) is 2.15. The Morgan fingerprint density at radius 2 is 1.91 bits per heavy atom. The summed E-state index contributed by atoms with van der Waals surface area (Å²) >= 11 is 0. The Morgan fingerprint density at radius 3 is 2.61 bits per heavy atom. The Morgan fingerprint density at radius 1 is 1.11 bits per heavy atom. The Labute approximate surface area is 275 Å². The number of Topliss-reactive ketones (excluding diaryl/α,β-unsaturated/α-hetero) is 1. The number of piperazine rings is 1. The number of aromatic nitrogens is 3. The maximum Gasteiger partial charge on any atom is 0.228 e. The first-order valence-corrected chi connectivity index (χ1v) is 15.6. The molecule has 2 saturated heterocycles. The molecule has 1 atom stereocenters. The first kappa shape index (κ1) is 33.6. The number of ketones is 1. The molecule has 6 rings (SSSR count). The third-order valence-corrected chi connectivity index (χ3v) is 8.66. The monoisotopic (exact) mass is 653 g/mol. The molecule has 0 aliphatic carbocycles. The fraction of sp³-hybridized carbons (Fsp3) is 0.531. The van der Waals surface area contributed by atoms with Gasteiger partial charge in [-0.3, -0.25) is 14.5 Å². The van der Waals surface area contributed by atoms with Crippen molar-refractivity contribution in [1.82, 2.24) is 24.8 Å². The van der Waals surface area contributed by atoms with E-state index < -0.39 is 6.10 Å². The second kappa shape index (κ2) is 15.2. The first-order valence-electron chi connectivity index (χ1n) is 15.6. The number of oxazole rings is 1. The molecule has 0 bridgehead atoms. The molecule has 1 aromatic carbocycles. The number of hydrogen-bond acceptors (Lipinski definition) is 12. The fourth-order valence-electron chi connectivity index (χ4n) is 5.80. The molecule has 46 heavy (non-hydrogen) atoms. The molecule has 2 fully saturated rings. The lowest BCUT2D eigenvalue weighted by atomic mass is 9.98. The number of aliphatic hydroxyl groups excluding tert-OH is 1. The summed E-state index contributed by atoms with van der Waals surface area (Å²) in [7, 11) is 0. The van der Waals surface area contributed by atoms with Gasteiger partial charge < -0.3 is 34.1 Å². The summed E-state index contributed by atoms with van der Waals surface area (Å²) in [5, 5.41) is 14.2. The lowest BCUT2D eigenvalue weighted by Gasteiger charge is -2.34. The van der Waals surface area contributed by atoms with Gasteiger partial charge in [0.05, 0.1) is 31.1 Å². The largest absolute Gasteiger partial charge is 0.486 e. The number of hydrogen-bond donors (Lipinski definition) is 2. The third-order valence-electron chi connectivity index (χ3n) is 8.66. The summed E-state index contributed by atoms with van der Waals surface area (Å²) in [4.78, 5) is 44.5. The highest BCUT2D eigenvalue weighted by molar-refractivity contribution is 7.59. The zero-order valence-electron chi connectivity index (χ0n) is 26.4. The van der Waals surface area contributed by atoms with E-state index in [0.29, 0.717) is 76.4 Å². The molecule has 0 unspecified atom stereocenters. The molecular weight excluding hydrogens is 610 g/mol. The van der Waals surface area contributed by atoms with Gasteiger partial charge in [-0.25, -0.2) is 9.97 Å². The maximum absolute atomic E-state index is 13.3. The lowest BCUT2D eigenvalue weighted by molar-refractivity contribution is -0.129. The van der Waals surface area contributed by atoms with Gasteiger partial charge in [0.25, 0.3) is 0 Å². The molecule has 1 amide bonds. The molecule has 0 radical (unpaired) electrons. The van der Waals surface area contributed by atoms with Gasteiger partial charge in [0, 0.05) is 65.2 Å². The highest BCUT2D eigenvalue weighted by atomic mass is 32.1. The van der Waals surface area contributed by atoms with Crippen LogP contribution in [0.25, 0.3) is 0 Å². The quantitative estimate of drug-likeness (QED) is 0.277. The van der Waals surface area contributed by atoms with E-state index in [-0.39, 0.29) is 37.6 Å². The average molecular weight is 654 g/mol. The molecule has 2 N–H and O–H groups in total. The van der Waals surface area contributed by atoms with Gasteiger partial charge >= 0.3 is 0 Å². The molecule has 0 saturated carbocycles. The minimum absolute atomic E-state index is 0. The fourth-order valence-corrected chi connectivity index (χ4v) is 5.80. The van der Waals surface area contributed by atoms with Crippen molar-refractivity contribution in [3.63, 3.8) is 0 Å².